The third-order valence-electron chi connectivity index (χ3n) is 5.63. The molecule has 0 spiro atoms. The van der Waals surface area contributed by atoms with Crippen molar-refractivity contribution >= 4 is 17.4 Å². The lowest BCUT2D eigenvalue weighted by Crippen LogP contribution is -2.38. The summed E-state index contributed by atoms with van der Waals surface area (Å²) >= 11 is 0. The summed E-state index contributed by atoms with van der Waals surface area (Å²) < 4.78 is 26.6. The van der Waals surface area contributed by atoms with Crippen LogP contribution in [0.25, 0.3) is 5.57 Å². The second-order valence-corrected chi connectivity index (χ2v) is 7.72. The van der Waals surface area contributed by atoms with Crippen LogP contribution in [-0.4, -0.2) is 34.7 Å². The fourth-order valence-corrected chi connectivity index (χ4v) is 3.88. The highest BCUT2D eigenvalue weighted by Crippen LogP contribution is 2.34. The van der Waals surface area contributed by atoms with E-state index in [1.54, 1.807) is 12.1 Å². The average molecular weight is 396 g/mol. The SMILES string of the molecule is CC1CCN(C2=C(c3ccc(F)cc3)C(=O)N(Cc3ccc(F)cc3)C2=O)CC1. The van der Waals surface area contributed by atoms with Gasteiger partial charge in [0.2, 0.25) is 0 Å². The summed E-state index contributed by atoms with van der Waals surface area (Å²) in [4.78, 5) is 29.7. The van der Waals surface area contributed by atoms with Gasteiger partial charge in [-0.25, -0.2) is 8.78 Å². The molecule has 4 rings (SSSR count). The van der Waals surface area contributed by atoms with Gasteiger partial charge in [0.1, 0.15) is 17.3 Å². The number of amides is 2. The summed E-state index contributed by atoms with van der Waals surface area (Å²) in [5.41, 5.74) is 1.89. The van der Waals surface area contributed by atoms with Gasteiger partial charge >= 0.3 is 0 Å². The Morgan fingerprint density at radius 2 is 1.41 bits per heavy atom. The molecule has 0 radical (unpaired) electrons. The summed E-state index contributed by atoms with van der Waals surface area (Å²) in [5, 5.41) is 0. The van der Waals surface area contributed by atoms with E-state index in [0.29, 0.717) is 41.4 Å². The van der Waals surface area contributed by atoms with Crippen LogP contribution in [-0.2, 0) is 16.1 Å². The highest BCUT2D eigenvalue weighted by atomic mass is 19.1. The minimum Gasteiger partial charge on any atom is -0.366 e. The molecule has 0 aromatic heterocycles. The summed E-state index contributed by atoms with van der Waals surface area (Å²) in [6.45, 7) is 3.64. The number of halogens is 2. The van der Waals surface area contributed by atoms with Crippen LogP contribution in [0.3, 0.4) is 0 Å². The highest BCUT2D eigenvalue weighted by Gasteiger charge is 2.42. The number of rotatable bonds is 4. The van der Waals surface area contributed by atoms with E-state index in [1.165, 1.54) is 41.3 Å². The van der Waals surface area contributed by atoms with Crippen LogP contribution >= 0.6 is 0 Å². The zero-order chi connectivity index (χ0) is 20.5. The number of imide groups is 1. The standard InChI is InChI=1S/C23H22F2N2O2/c1-15-10-12-26(13-11-15)21-20(17-4-8-19(25)9-5-17)22(28)27(23(21)29)14-16-2-6-18(24)7-3-16/h2-9,15H,10-14H2,1H3. The second-order valence-electron chi connectivity index (χ2n) is 7.72. The van der Waals surface area contributed by atoms with Gasteiger partial charge in [-0.3, -0.25) is 14.5 Å². The van der Waals surface area contributed by atoms with Crippen LogP contribution in [0.15, 0.2) is 54.2 Å². The lowest BCUT2D eigenvalue weighted by atomic mass is 9.97. The van der Waals surface area contributed by atoms with Crippen LogP contribution in [0.5, 0.6) is 0 Å². The van der Waals surface area contributed by atoms with Crippen molar-refractivity contribution in [3.63, 3.8) is 0 Å². The molecule has 0 bridgehead atoms. The molecule has 0 atom stereocenters. The fourth-order valence-electron chi connectivity index (χ4n) is 3.88. The Labute approximate surface area is 168 Å². The molecular weight excluding hydrogens is 374 g/mol. The Balaban J connectivity index is 1.71. The smallest absolute Gasteiger partial charge is 0.278 e. The van der Waals surface area contributed by atoms with E-state index in [1.807, 2.05) is 4.90 Å². The first-order valence-corrected chi connectivity index (χ1v) is 9.80. The first kappa shape index (κ1) is 19.3. The first-order valence-electron chi connectivity index (χ1n) is 9.80. The van der Waals surface area contributed by atoms with Gasteiger partial charge in [-0.1, -0.05) is 31.2 Å². The Morgan fingerprint density at radius 1 is 0.862 bits per heavy atom. The molecule has 29 heavy (non-hydrogen) atoms. The van der Waals surface area contributed by atoms with Gasteiger partial charge in [0.05, 0.1) is 12.1 Å². The second kappa shape index (κ2) is 7.78. The lowest BCUT2D eigenvalue weighted by molar-refractivity contribution is -0.138. The molecule has 1 fully saturated rings. The molecule has 6 heteroatoms. The first-order chi connectivity index (χ1) is 13.9. The van der Waals surface area contributed by atoms with Gasteiger partial charge in [0.25, 0.3) is 11.8 Å². The molecule has 0 N–H and O–H groups in total. The van der Waals surface area contributed by atoms with Crippen molar-refractivity contribution in [3.05, 3.63) is 77.0 Å². The predicted molar refractivity (Wildman–Crippen MR) is 105 cm³/mol. The van der Waals surface area contributed by atoms with Crippen molar-refractivity contribution in [3.8, 4) is 0 Å². The molecule has 150 valence electrons. The van der Waals surface area contributed by atoms with Crippen LogP contribution in [0.4, 0.5) is 8.78 Å². The van der Waals surface area contributed by atoms with Crippen molar-refractivity contribution in [2.75, 3.05) is 13.1 Å². The maximum atomic E-state index is 13.4. The van der Waals surface area contributed by atoms with Gasteiger partial charge in [-0.2, -0.15) is 0 Å². The van der Waals surface area contributed by atoms with Crippen molar-refractivity contribution in [2.45, 2.75) is 26.3 Å². The van der Waals surface area contributed by atoms with Gasteiger partial charge < -0.3 is 4.90 Å². The molecule has 2 amide bonds. The monoisotopic (exact) mass is 396 g/mol. The molecule has 2 aromatic rings. The predicted octanol–water partition coefficient (Wildman–Crippen LogP) is 3.98. The quantitative estimate of drug-likeness (QED) is 0.734. The van der Waals surface area contributed by atoms with Crippen molar-refractivity contribution in [1.29, 1.82) is 0 Å². The lowest BCUT2D eigenvalue weighted by Gasteiger charge is -2.32. The average Bonchev–Trinajstić information content (AvgIpc) is 2.96. The van der Waals surface area contributed by atoms with E-state index in [4.69, 9.17) is 0 Å². The number of nitrogens with zero attached hydrogens (tertiary/aromatic N) is 2. The number of piperidine rings is 1. The van der Waals surface area contributed by atoms with Crippen LogP contribution in [0.1, 0.15) is 30.9 Å². The summed E-state index contributed by atoms with van der Waals surface area (Å²) in [6.07, 6.45) is 1.89. The summed E-state index contributed by atoms with van der Waals surface area (Å²) in [7, 11) is 0. The molecule has 1 saturated heterocycles. The van der Waals surface area contributed by atoms with Crippen LogP contribution in [0, 0.1) is 17.6 Å². The molecule has 0 aliphatic carbocycles. The van der Waals surface area contributed by atoms with Gasteiger partial charge in [-0.05, 0) is 54.2 Å². The summed E-state index contributed by atoms with van der Waals surface area (Å²) in [6, 6.07) is 11.4. The Morgan fingerprint density at radius 3 is 2.00 bits per heavy atom. The number of carbonyl (C=O) groups excluding carboxylic acids is 2. The normalized spacial score (nSPS) is 18.2. The van der Waals surface area contributed by atoms with Crippen LogP contribution < -0.4 is 0 Å². The van der Waals surface area contributed by atoms with Gasteiger partial charge in [0.15, 0.2) is 0 Å². The van der Waals surface area contributed by atoms with E-state index >= 15 is 0 Å². The molecule has 2 heterocycles. The van der Waals surface area contributed by atoms with Crippen molar-refractivity contribution in [1.82, 2.24) is 9.80 Å². The number of hydrogen-bond donors (Lipinski definition) is 0. The maximum absolute atomic E-state index is 13.4. The van der Waals surface area contributed by atoms with Crippen molar-refractivity contribution < 1.29 is 18.4 Å². The largest absolute Gasteiger partial charge is 0.366 e. The van der Waals surface area contributed by atoms with Gasteiger partial charge in [-0.15, -0.1) is 0 Å². The zero-order valence-electron chi connectivity index (χ0n) is 16.2. The van der Waals surface area contributed by atoms with E-state index in [0.717, 1.165) is 12.8 Å². The molecule has 2 aromatic carbocycles. The Kier molecular flexibility index (Phi) is 5.18. The number of likely N-dealkylation sites (tertiary alicyclic amines) is 1. The third kappa shape index (κ3) is 3.79. The molecule has 0 saturated carbocycles. The Hall–Kier alpha value is -3.02. The molecular formula is C23H22F2N2O2. The highest BCUT2D eigenvalue weighted by molar-refractivity contribution is 6.35. The fraction of sp³-hybridized carbons (Fsp3) is 0.304. The molecule has 0 unspecified atom stereocenters. The van der Waals surface area contributed by atoms with E-state index < -0.39 is 11.7 Å². The van der Waals surface area contributed by atoms with Crippen molar-refractivity contribution in [2.24, 2.45) is 5.92 Å². The van der Waals surface area contributed by atoms with E-state index in [2.05, 4.69) is 6.92 Å². The molecule has 2 aliphatic heterocycles. The molecule has 2 aliphatic rings. The van der Waals surface area contributed by atoms with E-state index in [9.17, 15) is 18.4 Å². The van der Waals surface area contributed by atoms with Crippen LogP contribution in [0.2, 0.25) is 0 Å². The topological polar surface area (TPSA) is 40.6 Å². The number of benzene rings is 2. The van der Waals surface area contributed by atoms with Gasteiger partial charge in [0, 0.05) is 13.1 Å². The Bertz CT molecular complexity index is 959. The number of carbonyl (C=O) groups is 2. The minimum atomic E-state index is -0.403. The maximum Gasteiger partial charge on any atom is 0.278 e. The molecule has 4 nitrogen and oxygen atoms in total. The van der Waals surface area contributed by atoms with E-state index in [-0.39, 0.29) is 18.3 Å². The summed E-state index contributed by atoms with van der Waals surface area (Å²) in [5.74, 6) is -0.958. The number of hydrogen-bond acceptors (Lipinski definition) is 3. The minimum absolute atomic E-state index is 0.0659. The zero-order valence-corrected chi connectivity index (χ0v) is 16.2. The third-order valence-corrected chi connectivity index (χ3v) is 5.63.